The van der Waals surface area contributed by atoms with Gasteiger partial charge in [-0.3, -0.25) is 0 Å². The monoisotopic (exact) mass is 348 g/mol. The molecule has 3 heteroatoms. The van der Waals surface area contributed by atoms with Crippen LogP contribution in [0, 0.1) is 24.2 Å². The maximum atomic E-state index is 9.34. The summed E-state index contributed by atoms with van der Waals surface area (Å²) in [6.07, 6.45) is 4.40. The van der Waals surface area contributed by atoms with Crippen LogP contribution in [0.2, 0.25) is 0 Å². The molecule has 2 aromatic rings. The fraction of sp³-hybridized carbons (Fsp3) is 0.435. The van der Waals surface area contributed by atoms with Gasteiger partial charge in [0.25, 0.3) is 0 Å². The number of aryl methyl sites for hydroxylation is 1. The molecule has 0 atom stereocenters. The Morgan fingerprint density at radius 3 is 2.65 bits per heavy atom. The molecule has 0 amide bonds. The molecule has 0 N–H and O–H groups in total. The Hall–Kier alpha value is -2.31. The summed E-state index contributed by atoms with van der Waals surface area (Å²) >= 11 is 0. The van der Waals surface area contributed by atoms with Crippen LogP contribution in [0.15, 0.2) is 42.5 Å². The highest BCUT2D eigenvalue weighted by atomic mass is 16.5. The van der Waals surface area contributed by atoms with E-state index in [9.17, 15) is 5.26 Å². The summed E-state index contributed by atoms with van der Waals surface area (Å²) in [5.41, 5.74) is 4.18. The van der Waals surface area contributed by atoms with E-state index in [4.69, 9.17) is 4.74 Å². The van der Waals surface area contributed by atoms with E-state index < -0.39 is 0 Å². The Bertz CT molecular complexity index is 770. The molecule has 3 nitrogen and oxygen atoms in total. The minimum atomic E-state index is 0.731. The zero-order chi connectivity index (χ0) is 18.4. The van der Waals surface area contributed by atoms with Crippen LogP contribution in [-0.2, 0) is 6.42 Å². The van der Waals surface area contributed by atoms with Crippen LogP contribution in [0.1, 0.15) is 41.5 Å². The SMILES string of the molecule is Cc1ccc(OCCC2CCN(C)CC2)c(Cc2ccccc2C#N)c1. The minimum Gasteiger partial charge on any atom is -0.493 e. The Morgan fingerprint density at radius 1 is 1.12 bits per heavy atom. The van der Waals surface area contributed by atoms with Gasteiger partial charge in [0.15, 0.2) is 0 Å². The molecule has 136 valence electrons. The second-order valence-corrected chi connectivity index (χ2v) is 7.44. The predicted molar refractivity (Wildman–Crippen MR) is 105 cm³/mol. The minimum absolute atomic E-state index is 0.731. The molecule has 0 bridgehead atoms. The number of nitriles is 1. The standard InChI is InChI=1S/C23H28N2O/c1-18-7-8-23(26-14-11-19-9-12-25(2)13-10-19)22(15-18)16-20-5-3-4-6-21(20)17-24/h3-8,15,19H,9-14,16H2,1-2H3. The molecule has 0 aliphatic carbocycles. The van der Waals surface area contributed by atoms with Gasteiger partial charge in [-0.15, -0.1) is 0 Å². The Labute approximate surface area is 157 Å². The number of nitrogens with zero attached hydrogens (tertiary/aromatic N) is 2. The van der Waals surface area contributed by atoms with Crippen LogP contribution in [-0.4, -0.2) is 31.6 Å². The maximum absolute atomic E-state index is 9.34. The average molecular weight is 348 g/mol. The quantitative estimate of drug-likeness (QED) is 0.767. The molecule has 0 saturated carbocycles. The van der Waals surface area contributed by atoms with Crippen LogP contribution >= 0.6 is 0 Å². The summed E-state index contributed by atoms with van der Waals surface area (Å²) in [4.78, 5) is 2.40. The van der Waals surface area contributed by atoms with Crippen LogP contribution < -0.4 is 4.74 Å². The molecule has 1 aliphatic heterocycles. The van der Waals surface area contributed by atoms with Gasteiger partial charge in [0.1, 0.15) is 5.75 Å². The molecule has 26 heavy (non-hydrogen) atoms. The first-order chi connectivity index (χ1) is 12.7. The molecule has 2 aromatic carbocycles. The van der Waals surface area contributed by atoms with Crippen molar-refractivity contribution < 1.29 is 4.74 Å². The lowest BCUT2D eigenvalue weighted by Gasteiger charge is -2.28. The van der Waals surface area contributed by atoms with Gasteiger partial charge in [0.05, 0.1) is 18.2 Å². The second kappa shape index (κ2) is 8.87. The van der Waals surface area contributed by atoms with E-state index in [1.807, 2.05) is 24.3 Å². The molecule has 0 radical (unpaired) electrons. The largest absolute Gasteiger partial charge is 0.493 e. The van der Waals surface area contributed by atoms with Gasteiger partial charge in [0, 0.05) is 6.42 Å². The van der Waals surface area contributed by atoms with Gasteiger partial charge in [0.2, 0.25) is 0 Å². The Morgan fingerprint density at radius 2 is 1.88 bits per heavy atom. The summed E-state index contributed by atoms with van der Waals surface area (Å²) in [6.45, 7) is 5.27. The normalized spacial score (nSPS) is 15.6. The highest BCUT2D eigenvalue weighted by molar-refractivity contribution is 5.45. The van der Waals surface area contributed by atoms with E-state index >= 15 is 0 Å². The Kier molecular flexibility index (Phi) is 6.30. The van der Waals surface area contributed by atoms with Crippen molar-refractivity contribution >= 4 is 0 Å². The van der Waals surface area contributed by atoms with E-state index in [1.54, 1.807) is 0 Å². The van der Waals surface area contributed by atoms with Crippen molar-refractivity contribution in [1.29, 1.82) is 5.26 Å². The fourth-order valence-electron chi connectivity index (χ4n) is 3.66. The lowest BCUT2D eigenvalue weighted by molar-refractivity contribution is 0.187. The lowest BCUT2D eigenvalue weighted by Crippen LogP contribution is -2.30. The third-order valence-corrected chi connectivity index (χ3v) is 5.36. The van der Waals surface area contributed by atoms with Crippen LogP contribution in [0.4, 0.5) is 0 Å². The first kappa shape index (κ1) is 18.5. The molecule has 3 rings (SSSR count). The fourth-order valence-corrected chi connectivity index (χ4v) is 3.66. The zero-order valence-corrected chi connectivity index (χ0v) is 15.9. The third kappa shape index (κ3) is 4.86. The molecule has 1 saturated heterocycles. The molecular weight excluding hydrogens is 320 g/mol. The van der Waals surface area contributed by atoms with Crippen molar-refractivity contribution in [2.24, 2.45) is 5.92 Å². The van der Waals surface area contributed by atoms with Gasteiger partial charge in [-0.05, 0) is 75.5 Å². The first-order valence-electron chi connectivity index (χ1n) is 9.54. The number of likely N-dealkylation sites (tertiary alicyclic amines) is 1. The zero-order valence-electron chi connectivity index (χ0n) is 15.9. The number of piperidine rings is 1. The van der Waals surface area contributed by atoms with Crippen molar-refractivity contribution in [3.8, 4) is 11.8 Å². The predicted octanol–water partition coefficient (Wildman–Crippen LogP) is 4.57. The van der Waals surface area contributed by atoms with E-state index in [0.717, 1.165) is 47.8 Å². The number of hydrogen-bond donors (Lipinski definition) is 0. The van der Waals surface area contributed by atoms with E-state index in [2.05, 4.69) is 43.1 Å². The summed E-state index contributed by atoms with van der Waals surface area (Å²) in [5.74, 6) is 1.73. The summed E-state index contributed by atoms with van der Waals surface area (Å²) in [5, 5.41) is 9.34. The van der Waals surface area contributed by atoms with Gasteiger partial charge < -0.3 is 9.64 Å². The van der Waals surface area contributed by atoms with Crippen LogP contribution in [0.25, 0.3) is 0 Å². The summed E-state index contributed by atoms with van der Waals surface area (Å²) in [6, 6.07) is 16.5. The van der Waals surface area contributed by atoms with Gasteiger partial charge in [-0.1, -0.05) is 35.9 Å². The summed E-state index contributed by atoms with van der Waals surface area (Å²) < 4.78 is 6.17. The van der Waals surface area contributed by atoms with Crippen molar-refractivity contribution in [1.82, 2.24) is 4.90 Å². The second-order valence-electron chi connectivity index (χ2n) is 7.44. The van der Waals surface area contributed by atoms with Gasteiger partial charge in [-0.2, -0.15) is 5.26 Å². The van der Waals surface area contributed by atoms with Crippen molar-refractivity contribution in [2.75, 3.05) is 26.7 Å². The lowest BCUT2D eigenvalue weighted by atomic mass is 9.94. The highest BCUT2D eigenvalue weighted by Crippen LogP contribution is 2.26. The number of hydrogen-bond acceptors (Lipinski definition) is 3. The van der Waals surface area contributed by atoms with Crippen molar-refractivity contribution in [3.63, 3.8) is 0 Å². The number of ether oxygens (including phenoxy) is 1. The van der Waals surface area contributed by atoms with Crippen LogP contribution in [0.5, 0.6) is 5.75 Å². The van der Waals surface area contributed by atoms with E-state index in [1.165, 1.54) is 31.5 Å². The van der Waals surface area contributed by atoms with Gasteiger partial charge >= 0.3 is 0 Å². The van der Waals surface area contributed by atoms with Gasteiger partial charge in [-0.25, -0.2) is 0 Å². The maximum Gasteiger partial charge on any atom is 0.122 e. The topological polar surface area (TPSA) is 36.3 Å². The molecule has 0 aromatic heterocycles. The van der Waals surface area contributed by atoms with Crippen molar-refractivity contribution in [3.05, 3.63) is 64.7 Å². The average Bonchev–Trinajstić information content (AvgIpc) is 2.65. The Balaban J connectivity index is 1.65. The molecule has 0 unspecified atom stereocenters. The highest BCUT2D eigenvalue weighted by Gasteiger charge is 2.17. The van der Waals surface area contributed by atoms with E-state index in [0.29, 0.717) is 0 Å². The van der Waals surface area contributed by atoms with Crippen molar-refractivity contribution in [2.45, 2.75) is 32.6 Å². The molecule has 1 heterocycles. The van der Waals surface area contributed by atoms with E-state index in [-0.39, 0.29) is 0 Å². The summed E-state index contributed by atoms with van der Waals surface area (Å²) in [7, 11) is 2.20. The molecule has 1 fully saturated rings. The molecule has 1 aliphatic rings. The smallest absolute Gasteiger partial charge is 0.122 e. The number of benzene rings is 2. The van der Waals surface area contributed by atoms with Crippen LogP contribution in [0.3, 0.4) is 0 Å². The first-order valence-corrected chi connectivity index (χ1v) is 9.54. The molecule has 0 spiro atoms. The third-order valence-electron chi connectivity index (χ3n) is 5.36. The number of rotatable bonds is 6. The molecular formula is C23H28N2O.